The SMILES string of the molecule is c1ccc(-n2ncc3c(NCc4ccc5c(c4)OCO5)nnnc32)cc1. The molecule has 2 aromatic carbocycles. The summed E-state index contributed by atoms with van der Waals surface area (Å²) in [6.07, 6.45) is 1.74. The second kappa shape index (κ2) is 5.99. The highest BCUT2D eigenvalue weighted by Gasteiger charge is 2.14. The number of ether oxygens (including phenoxy) is 2. The maximum Gasteiger partial charge on any atom is 0.231 e. The Hall–Kier alpha value is -3.68. The van der Waals surface area contributed by atoms with Gasteiger partial charge in [-0.2, -0.15) is 5.10 Å². The third-order valence-electron chi connectivity index (χ3n) is 4.18. The van der Waals surface area contributed by atoms with Gasteiger partial charge in [-0.15, -0.1) is 10.2 Å². The zero-order valence-electron chi connectivity index (χ0n) is 13.7. The lowest BCUT2D eigenvalue weighted by molar-refractivity contribution is 0.174. The number of rotatable bonds is 4. The van der Waals surface area contributed by atoms with Crippen molar-refractivity contribution in [3.63, 3.8) is 0 Å². The number of nitrogens with one attached hydrogen (secondary N) is 1. The van der Waals surface area contributed by atoms with Crippen molar-refractivity contribution in [2.45, 2.75) is 6.54 Å². The van der Waals surface area contributed by atoms with Crippen LogP contribution < -0.4 is 14.8 Å². The Morgan fingerprint density at radius 1 is 1.00 bits per heavy atom. The molecule has 1 N–H and O–H groups in total. The highest BCUT2D eigenvalue weighted by molar-refractivity contribution is 5.86. The molecule has 0 unspecified atom stereocenters. The van der Waals surface area contributed by atoms with Crippen molar-refractivity contribution < 1.29 is 9.47 Å². The summed E-state index contributed by atoms with van der Waals surface area (Å²) in [6.45, 7) is 0.836. The van der Waals surface area contributed by atoms with Gasteiger partial charge < -0.3 is 14.8 Å². The third-order valence-corrected chi connectivity index (χ3v) is 4.18. The molecule has 4 aromatic rings. The molecule has 3 heterocycles. The molecule has 2 aromatic heterocycles. The zero-order valence-corrected chi connectivity index (χ0v) is 13.7. The summed E-state index contributed by atoms with van der Waals surface area (Å²) < 4.78 is 12.5. The Kier molecular flexibility index (Phi) is 3.38. The number of hydrogen-bond donors (Lipinski definition) is 1. The Bertz CT molecular complexity index is 1080. The van der Waals surface area contributed by atoms with E-state index in [9.17, 15) is 0 Å². The minimum absolute atomic E-state index is 0.265. The minimum Gasteiger partial charge on any atom is -0.454 e. The highest BCUT2D eigenvalue weighted by atomic mass is 16.7. The molecule has 1 aliphatic heterocycles. The van der Waals surface area contributed by atoms with Crippen molar-refractivity contribution in [1.82, 2.24) is 25.2 Å². The largest absolute Gasteiger partial charge is 0.454 e. The van der Waals surface area contributed by atoms with Gasteiger partial charge in [0.05, 0.1) is 17.3 Å². The standard InChI is InChI=1S/C18H14N6O2/c1-2-4-13(5-3-1)24-18-14(10-20-24)17(21-23-22-18)19-9-12-6-7-15-16(8-12)26-11-25-15/h1-8,10H,9,11H2,(H,19,21,22). The fraction of sp³-hybridized carbons (Fsp3) is 0.111. The molecule has 0 spiro atoms. The summed E-state index contributed by atoms with van der Waals surface area (Å²) in [6, 6.07) is 15.6. The number of hydrogen-bond acceptors (Lipinski definition) is 7. The van der Waals surface area contributed by atoms with E-state index >= 15 is 0 Å². The number of benzene rings is 2. The van der Waals surface area contributed by atoms with Gasteiger partial charge >= 0.3 is 0 Å². The molecule has 0 bridgehead atoms. The van der Waals surface area contributed by atoms with Crippen molar-refractivity contribution in [2.24, 2.45) is 0 Å². The van der Waals surface area contributed by atoms with E-state index in [0.717, 1.165) is 28.1 Å². The van der Waals surface area contributed by atoms with Crippen molar-refractivity contribution in [2.75, 3.05) is 12.1 Å². The maximum atomic E-state index is 5.41. The Morgan fingerprint density at radius 2 is 1.88 bits per heavy atom. The van der Waals surface area contributed by atoms with Gasteiger partial charge in [-0.1, -0.05) is 24.3 Å². The summed E-state index contributed by atoms with van der Waals surface area (Å²) >= 11 is 0. The van der Waals surface area contributed by atoms with E-state index in [-0.39, 0.29) is 6.79 Å². The van der Waals surface area contributed by atoms with Gasteiger partial charge in [0.15, 0.2) is 23.0 Å². The van der Waals surface area contributed by atoms with E-state index < -0.39 is 0 Å². The van der Waals surface area contributed by atoms with Crippen LogP contribution in [0, 0.1) is 0 Å². The normalized spacial score (nSPS) is 12.5. The van der Waals surface area contributed by atoms with Crippen LogP contribution in [0.15, 0.2) is 54.7 Å². The van der Waals surface area contributed by atoms with Crippen molar-refractivity contribution in [3.8, 4) is 17.2 Å². The predicted molar refractivity (Wildman–Crippen MR) is 94.3 cm³/mol. The maximum absolute atomic E-state index is 5.41. The molecule has 0 fully saturated rings. The lowest BCUT2D eigenvalue weighted by Gasteiger charge is -2.07. The van der Waals surface area contributed by atoms with E-state index in [1.807, 2.05) is 48.5 Å². The van der Waals surface area contributed by atoms with Crippen LogP contribution in [0.1, 0.15) is 5.56 Å². The summed E-state index contributed by atoms with van der Waals surface area (Å²) in [5.41, 5.74) is 2.63. The molecular weight excluding hydrogens is 332 g/mol. The quantitative estimate of drug-likeness (QED) is 0.607. The molecule has 8 nitrogen and oxygen atoms in total. The number of anilines is 1. The van der Waals surface area contributed by atoms with Crippen LogP contribution in [0.2, 0.25) is 0 Å². The second-order valence-electron chi connectivity index (χ2n) is 5.81. The average molecular weight is 346 g/mol. The van der Waals surface area contributed by atoms with Gasteiger partial charge in [0.1, 0.15) is 0 Å². The zero-order chi connectivity index (χ0) is 17.3. The first-order valence-corrected chi connectivity index (χ1v) is 8.13. The molecule has 0 saturated carbocycles. The smallest absolute Gasteiger partial charge is 0.231 e. The van der Waals surface area contributed by atoms with E-state index in [4.69, 9.17) is 9.47 Å². The van der Waals surface area contributed by atoms with E-state index in [2.05, 4.69) is 25.8 Å². The molecular formula is C18H14N6O2. The molecule has 0 amide bonds. The lowest BCUT2D eigenvalue weighted by atomic mass is 10.2. The number of para-hydroxylation sites is 1. The molecule has 1 aliphatic rings. The topological polar surface area (TPSA) is 87.0 Å². The first-order valence-electron chi connectivity index (χ1n) is 8.13. The van der Waals surface area contributed by atoms with Crippen LogP contribution >= 0.6 is 0 Å². The molecule has 0 atom stereocenters. The predicted octanol–water partition coefficient (Wildman–Crippen LogP) is 2.55. The van der Waals surface area contributed by atoms with Crippen LogP contribution in [0.25, 0.3) is 16.7 Å². The van der Waals surface area contributed by atoms with E-state index in [0.29, 0.717) is 18.0 Å². The Morgan fingerprint density at radius 3 is 2.81 bits per heavy atom. The van der Waals surface area contributed by atoms with Gasteiger partial charge in [-0.05, 0) is 35.0 Å². The number of nitrogens with zero attached hydrogens (tertiary/aromatic N) is 5. The Balaban J connectivity index is 1.44. The van der Waals surface area contributed by atoms with Gasteiger partial charge in [0.25, 0.3) is 0 Å². The van der Waals surface area contributed by atoms with Crippen molar-refractivity contribution in [3.05, 3.63) is 60.3 Å². The number of aromatic nitrogens is 5. The second-order valence-corrected chi connectivity index (χ2v) is 5.81. The van der Waals surface area contributed by atoms with E-state index in [1.165, 1.54) is 0 Å². The van der Waals surface area contributed by atoms with Crippen LogP contribution in [0.5, 0.6) is 11.5 Å². The molecule has 26 heavy (non-hydrogen) atoms. The number of fused-ring (bicyclic) bond motifs is 2. The van der Waals surface area contributed by atoms with Gasteiger partial charge in [-0.25, -0.2) is 4.68 Å². The van der Waals surface area contributed by atoms with Crippen LogP contribution in [0.3, 0.4) is 0 Å². The van der Waals surface area contributed by atoms with Gasteiger partial charge in [0, 0.05) is 6.54 Å². The molecule has 8 heteroatoms. The molecule has 0 aliphatic carbocycles. The van der Waals surface area contributed by atoms with Crippen LogP contribution in [-0.2, 0) is 6.54 Å². The summed E-state index contributed by atoms with van der Waals surface area (Å²) in [4.78, 5) is 0. The molecule has 128 valence electrons. The Labute approximate surface area is 148 Å². The minimum atomic E-state index is 0.265. The first-order chi connectivity index (χ1) is 12.9. The summed E-state index contributed by atoms with van der Waals surface area (Å²) in [7, 11) is 0. The highest BCUT2D eigenvalue weighted by Crippen LogP contribution is 2.32. The van der Waals surface area contributed by atoms with Crippen LogP contribution in [-0.4, -0.2) is 32.0 Å². The van der Waals surface area contributed by atoms with Crippen LogP contribution in [0.4, 0.5) is 5.82 Å². The molecule has 5 rings (SSSR count). The van der Waals surface area contributed by atoms with Gasteiger partial charge in [-0.3, -0.25) is 0 Å². The average Bonchev–Trinajstić information content (AvgIpc) is 3.33. The van der Waals surface area contributed by atoms with Crippen molar-refractivity contribution in [1.29, 1.82) is 0 Å². The third kappa shape index (κ3) is 2.48. The monoisotopic (exact) mass is 346 g/mol. The first kappa shape index (κ1) is 14.6. The fourth-order valence-corrected chi connectivity index (χ4v) is 2.89. The lowest BCUT2D eigenvalue weighted by Crippen LogP contribution is -2.05. The van der Waals surface area contributed by atoms with Gasteiger partial charge in [0.2, 0.25) is 6.79 Å². The van der Waals surface area contributed by atoms with Crippen molar-refractivity contribution >= 4 is 16.9 Å². The molecule has 0 radical (unpaired) electrons. The summed E-state index contributed by atoms with van der Waals surface area (Å²) in [5, 5.41) is 20.7. The fourth-order valence-electron chi connectivity index (χ4n) is 2.89. The summed E-state index contributed by atoms with van der Waals surface area (Å²) in [5.74, 6) is 2.16. The molecule has 0 saturated heterocycles. The van der Waals surface area contributed by atoms with E-state index in [1.54, 1.807) is 10.9 Å².